The molecule has 2 rings (SSSR count). The molecule has 0 saturated carbocycles. The number of urea groups is 1. The number of carboxylic acids is 1. The van der Waals surface area contributed by atoms with E-state index in [2.05, 4.69) is 15.6 Å². The predicted molar refractivity (Wildman–Crippen MR) is 71.3 cm³/mol. The molecule has 116 valence electrons. The van der Waals surface area contributed by atoms with Gasteiger partial charge >= 0.3 is 12.0 Å². The molecule has 1 aliphatic heterocycles. The Kier molecular flexibility index (Phi) is 4.41. The Labute approximate surface area is 121 Å². The lowest BCUT2D eigenvalue weighted by Crippen LogP contribution is -2.48. The highest BCUT2D eigenvalue weighted by molar-refractivity contribution is 5.74. The van der Waals surface area contributed by atoms with Crippen LogP contribution in [0.2, 0.25) is 0 Å². The van der Waals surface area contributed by atoms with Crippen LogP contribution in [-0.4, -0.2) is 60.8 Å². The lowest BCUT2D eigenvalue weighted by Gasteiger charge is -2.35. The highest BCUT2D eigenvalue weighted by atomic mass is 16.4. The summed E-state index contributed by atoms with van der Waals surface area (Å²) in [5.41, 5.74) is -0.204. The summed E-state index contributed by atoms with van der Waals surface area (Å²) in [6.45, 7) is 2.70. The van der Waals surface area contributed by atoms with E-state index >= 15 is 0 Å². The molecule has 1 aromatic heterocycles. The third kappa shape index (κ3) is 4.42. The number of carboxylic acid groups (broad SMARTS) is 1. The SMILES string of the molecule is CC1(O)CCN(C(=O)NCc2cn(CC(=O)O)nn2)CC1. The zero-order valence-electron chi connectivity index (χ0n) is 11.8. The summed E-state index contributed by atoms with van der Waals surface area (Å²) in [6.07, 6.45) is 2.58. The summed E-state index contributed by atoms with van der Waals surface area (Å²) >= 11 is 0. The number of piperidine rings is 1. The molecule has 1 saturated heterocycles. The van der Waals surface area contributed by atoms with Crippen molar-refractivity contribution >= 4 is 12.0 Å². The number of likely N-dealkylation sites (tertiary alicyclic amines) is 1. The number of carbonyl (C=O) groups is 2. The van der Waals surface area contributed by atoms with Crippen LogP contribution < -0.4 is 5.32 Å². The van der Waals surface area contributed by atoms with Gasteiger partial charge in [-0.25, -0.2) is 9.48 Å². The second kappa shape index (κ2) is 6.08. The number of carbonyl (C=O) groups excluding carboxylic acids is 1. The molecule has 0 unspecified atom stereocenters. The van der Waals surface area contributed by atoms with Gasteiger partial charge in [-0.1, -0.05) is 5.21 Å². The van der Waals surface area contributed by atoms with Crippen LogP contribution >= 0.6 is 0 Å². The van der Waals surface area contributed by atoms with E-state index in [9.17, 15) is 14.7 Å². The molecule has 0 aliphatic carbocycles. The molecule has 0 atom stereocenters. The topological polar surface area (TPSA) is 121 Å². The van der Waals surface area contributed by atoms with Crippen molar-refractivity contribution in [3.63, 3.8) is 0 Å². The van der Waals surface area contributed by atoms with Crippen LogP contribution in [-0.2, 0) is 17.9 Å². The van der Waals surface area contributed by atoms with Crippen LogP contribution in [0.5, 0.6) is 0 Å². The highest BCUT2D eigenvalue weighted by Crippen LogP contribution is 2.20. The Bertz CT molecular complexity index is 517. The number of nitrogens with zero attached hydrogens (tertiary/aromatic N) is 4. The number of aromatic nitrogens is 3. The van der Waals surface area contributed by atoms with Crippen molar-refractivity contribution in [2.45, 2.75) is 38.5 Å². The maximum absolute atomic E-state index is 12.0. The molecule has 2 heterocycles. The fourth-order valence-electron chi connectivity index (χ4n) is 2.10. The molecule has 2 amide bonds. The number of hydrogen-bond donors (Lipinski definition) is 3. The zero-order chi connectivity index (χ0) is 15.5. The van der Waals surface area contributed by atoms with Crippen LogP contribution in [0.25, 0.3) is 0 Å². The molecule has 9 nitrogen and oxygen atoms in total. The quantitative estimate of drug-likeness (QED) is 0.683. The normalized spacial score (nSPS) is 17.5. The summed E-state index contributed by atoms with van der Waals surface area (Å²) in [4.78, 5) is 24.1. The van der Waals surface area contributed by atoms with Gasteiger partial charge in [0.15, 0.2) is 0 Å². The van der Waals surface area contributed by atoms with Gasteiger partial charge in [-0.15, -0.1) is 5.10 Å². The Morgan fingerprint density at radius 3 is 2.71 bits per heavy atom. The van der Waals surface area contributed by atoms with E-state index < -0.39 is 11.6 Å². The van der Waals surface area contributed by atoms with Gasteiger partial charge in [0.2, 0.25) is 0 Å². The summed E-state index contributed by atoms with van der Waals surface area (Å²) in [5, 5.41) is 28.6. The van der Waals surface area contributed by atoms with Crippen molar-refractivity contribution in [1.82, 2.24) is 25.2 Å². The predicted octanol–water partition coefficient (Wildman–Crippen LogP) is -0.581. The number of amides is 2. The number of aliphatic hydroxyl groups is 1. The van der Waals surface area contributed by atoms with E-state index in [1.165, 1.54) is 10.9 Å². The molecule has 1 aromatic rings. The molecule has 0 spiro atoms. The van der Waals surface area contributed by atoms with Crippen LogP contribution in [0.1, 0.15) is 25.5 Å². The first-order valence-electron chi connectivity index (χ1n) is 6.72. The maximum atomic E-state index is 12.0. The van der Waals surface area contributed by atoms with E-state index in [0.29, 0.717) is 31.6 Å². The monoisotopic (exact) mass is 297 g/mol. The summed E-state index contributed by atoms with van der Waals surface area (Å²) < 4.78 is 1.20. The Morgan fingerprint density at radius 2 is 2.10 bits per heavy atom. The third-order valence-corrected chi connectivity index (χ3v) is 3.43. The van der Waals surface area contributed by atoms with Crippen molar-refractivity contribution in [2.24, 2.45) is 0 Å². The van der Waals surface area contributed by atoms with Crippen molar-refractivity contribution in [3.8, 4) is 0 Å². The molecule has 0 radical (unpaired) electrons. The van der Waals surface area contributed by atoms with Crippen molar-refractivity contribution in [3.05, 3.63) is 11.9 Å². The molecular weight excluding hydrogens is 278 g/mol. The molecule has 3 N–H and O–H groups in total. The average Bonchev–Trinajstić information content (AvgIpc) is 2.82. The lowest BCUT2D eigenvalue weighted by atomic mass is 9.94. The fourth-order valence-corrected chi connectivity index (χ4v) is 2.10. The first-order valence-corrected chi connectivity index (χ1v) is 6.72. The second-order valence-corrected chi connectivity index (χ2v) is 5.44. The van der Waals surface area contributed by atoms with Crippen molar-refractivity contribution in [2.75, 3.05) is 13.1 Å². The first kappa shape index (κ1) is 15.2. The second-order valence-electron chi connectivity index (χ2n) is 5.44. The van der Waals surface area contributed by atoms with Crippen molar-refractivity contribution < 1.29 is 19.8 Å². The van der Waals surface area contributed by atoms with Crippen LogP contribution in [0.4, 0.5) is 4.79 Å². The number of nitrogens with one attached hydrogen (secondary N) is 1. The lowest BCUT2D eigenvalue weighted by molar-refractivity contribution is -0.137. The average molecular weight is 297 g/mol. The standard InChI is InChI=1S/C12H19N5O4/c1-12(21)2-4-16(5-3-12)11(20)13-6-9-7-17(15-14-9)8-10(18)19/h7,21H,2-6,8H2,1H3,(H,13,20)(H,18,19). The molecule has 0 bridgehead atoms. The van der Waals surface area contributed by atoms with Crippen molar-refractivity contribution in [1.29, 1.82) is 0 Å². The minimum atomic E-state index is -1.00. The largest absolute Gasteiger partial charge is 0.480 e. The minimum Gasteiger partial charge on any atom is -0.480 e. The third-order valence-electron chi connectivity index (χ3n) is 3.43. The summed E-state index contributed by atoms with van der Waals surface area (Å²) in [7, 11) is 0. The molecular formula is C12H19N5O4. The summed E-state index contributed by atoms with van der Waals surface area (Å²) in [6, 6.07) is -0.224. The van der Waals surface area contributed by atoms with E-state index in [-0.39, 0.29) is 19.1 Å². The Balaban J connectivity index is 1.79. The van der Waals surface area contributed by atoms with Gasteiger partial charge in [0.25, 0.3) is 0 Å². The van der Waals surface area contributed by atoms with Gasteiger partial charge in [0, 0.05) is 13.1 Å². The molecule has 1 fully saturated rings. The van der Waals surface area contributed by atoms with E-state index in [1.54, 1.807) is 11.8 Å². The number of hydrogen-bond acceptors (Lipinski definition) is 5. The van der Waals surface area contributed by atoms with Gasteiger partial charge in [0.1, 0.15) is 12.2 Å². The smallest absolute Gasteiger partial charge is 0.325 e. The maximum Gasteiger partial charge on any atom is 0.325 e. The molecule has 0 aromatic carbocycles. The zero-order valence-corrected chi connectivity index (χ0v) is 11.8. The Morgan fingerprint density at radius 1 is 1.43 bits per heavy atom. The molecule has 21 heavy (non-hydrogen) atoms. The number of rotatable bonds is 4. The van der Waals surface area contributed by atoms with Gasteiger partial charge in [0.05, 0.1) is 18.3 Å². The van der Waals surface area contributed by atoms with Crippen LogP contribution in [0.15, 0.2) is 6.20 Å². The van der Waals surface area contributed by atoms with Gasteiger partial charge in [-0.2, -0.15) is 0 Å². The van der Waals surface area contributed by atoms with Gasteiger partial charge in [-0.05, 0) is 19.8 Å². The number of aliphatic carboxylic acids is 1. The Hall–Kier alpha value is -2.16. The summed E-state index contributed by atoms with van der Waals surface area (Å²) in [5.74, 6) is -1.00. The van der Waals surface area contributed by atoms with E-state index in [0.717, 1.165) is 0 Å². The fraction of sp³-hybridized carbons (Fsp3) is 0.667. The van der Waals surface area contributed by atoms with E-state index in [4.69, 9.17) is 5.11 Å². The molecule has 1 aliphatic rings. The van der Waals surface area contributed by atoms with Crippen LogP contribution in [0.3, 0.4) is 0 Å². The van der Waals surface area contributed by atoms with Gasteiger partial charge < -0.3 is 20.4 Å². The highest BCUT2D eigenvalue weighted by Gasteiger charge is 2.29. The molecule has 9 heteroatoms. The van der Waals surface area contributed by atoms with Gasteiger partial charge in [-0.3, -0.25) is 4.79 Å². The minimum absolute atomic E-state index is 0.186. The van der Waals surface area contributed by atoms with Crippen LogP contribution in [0, 0.1) is 0 Å². The first-order chi connectivity index (χ1) is 9.85. The van der Waals surface area contributed by atoms with E-state index in [1.807, 2.05) is 0 Å².